The van der Waals surface area contributed by atoms with Gasteiger partial charge in [0.05, 0.1) is 18.9 Å². The van der Waals surface area contributed by atoms with Crippen LogP contribution in [0.5, 0.6) is 0 Å². The summed E-state index contributed by atoms with van der Waals surface area (Å²) in [5.74, 6) is 0. The second-order valence-electron chi connectivity index (χ2n) is 5.36. The van der Waals surface area contributed by atoms with E-state index in [1.54, 1.807) is 11.8 Å². The second-order valence-corrected chi connectivity index (χ2v) is 6.88. The zero-order valence-electron chi connectivity index (χ0n) is 12.4. The molecule has 1 aliphatic rings. The van der Waals surface area contributed by atoms with Crippen LogP contribution in [0.3, 0.4) is 0 Å². The number of pyridine rings is 1. The fourth-order valence-electron chi connectivity index (χ4n) is 2.68. The summed E-state index contributed by atoms with van der Waals surface area (Å²) in [5, 5.41) is 1.88. The van der Waals surface area contributed by atoms with Crippen molar-refractivity contribution in [2.24, 2.45) is 0 Å². The molecule has 5 heteroatoms. The molecule has 0 saturated heterocycles. The second kappa shape index (κ2) is 6.40. The summed E-state index contributed by atoms with van der Waals surface area (Å²) in [6.45, 7) is 1.43. The lowest BCUT2D eigenvalue weighted by Crippen LogP contribution is -2.05. The van der Waals surface area contributed by atoms with Crippen molar-refractivity contribution in [2.75, 3.05) is 13.2 Å². The molecule has 0 fully saturated rings. The highest BCUT2D eigenvalue weighted by Crippen LogP contribution is 2.39. The van der Waals surface area contributed by atoms with Crippen molar-refractivity contribution in [3.05, 3.63) is 59.4 Å². The predicted octanol–water partition coefficient (Wildman–Crippen LogP) is 5.17. The van der Waals surface area contributed by atoms with Gasteiger partial charge in [-0.2, -0.15) is 0 Å². The monoisotopic (exact) mass is 342 g/mol. The first-order valence-corrected chi connectivity index (χ1v) is 8.68. The SMILES string of the molecule is Clc1ccc(Sc2c(C3=CCCOC3)[nH]c3ncccc23)cc1. The maximum Gasteiger partial charge on any atom is 0.138 e. The number of aromatic amines is 1. The van der Waals surface area contributed by atoms with Crippen LogP contribution in [0, 0.1) is 0 Å². The van der Waals surface area contributed by atoms with Crippen LogP contribution in [0.1, 0.15) is 12.1 Å². The van der Waals surface area contributed by atoms with Crippen LogP contribution >= 0.6 is 23.4 Å². The average Bonchev–Trinajstić information content (AvgIpc) is 2.96. The fraction of sp³-hybridized carbons (Fsp3) is 0.167. The minimum atomic E-state index is 0.640. The first-order chi connectivity index (χ1) is 11.3. The van der Waals surface area contributed by atoms with E-state index < -0.39 is 0 Å². The molecule has 0 saturated carbocycles. The summed E-state index contributed by atoms with van der Waals surface area (Å²) in [5.41, 5.74) is 3.22. The smallest absolute Gasteiger partial charge is 0.138 e. The van der Waals surface area contributed by atoms with E-state index in [-0.39, 0.29) is 0 Å². The summed E-state index contributed by atoms with van der Waals surface area (Å²) in [4.78, 5) is 10.3. The van der Waals surface area contributed by atoms with Gasteiger partial charge in [0.2, 0.25) is 0 Å². The summed E-state index contributed by atoms with van der Waals surface area (Å²) >= 11 is 7.72. The van der Waals surface area contributed by atoms with E-state index in [4.69, 9.17) is 16.3 Å². The van der Waals surface area contributed by atoms with Gasteiger partial charge in [-0.15, -0.1) is 0 Å². The van der Waals surface area contributed by atoms with E-state index >= 15 is 0 Å². The highest BCUT2D eigenvalue weighted by molar-refractivity contribution is 7.99. The van der Waals surface area contributed by atoms with Gasteiger partial charge in [0.15, 0.2) is 0 Å². The molecule has 3 heterocycles. The van der Waals surface area contributed by atoms with Crippen LogP contribution in [0.15, 0.2) is 58.5 Å². The topological polar surface area (TPSA) is 37.9 Å². The minimum Gasteiger partial charge on any atom is -0.376 e. The zero-order valence-corrected chi connectivity index (χ0v) is 14.0. The first-order valence-electron chi connectivity index (χ1n) is 7.48. The molecule has 0 amide bonds. The molecule has 0 unspecified atom stereocenters. The normalized spacial score (nSPS) is 14.9. The lowest BCUT2D eigenvalue weighted by Gasteiger charge is -2.14. The summed E-state index contributed by atoms with van der Waals surface area (Å²) < 4.78 is 5.62. The molecule has 116 valence electrons. The molecule has 0 radical (unpaired) electrons. The molecule has 4 rings (SSSR count). The van der Waals surface area contributed by atoms with Crippen molar-refractivity contribution in [3.63, 3.8) is 0 Å². The molecule has 1 N–H and O–H groups in total. The minimum absolute atomic E-state index is 0.640. The maximum atomic E-state index is 5.99. The molecule has 0 spiro atoms. The molecule has 1 aromatic carbocycles. The first kappa shape index (κ1) is 14.8. The maximum absolute atomic E-state index is 5.99. The molecule has 3 nitrogen and oxygen atoms in total. The fourth-order valence-corrected chi connectivity index (χ4v) is 3.88. The third kappa shape index (κ3) is 3.02. The number of H-pyrrole nitrogens is 1. The van der Waals surface area contributed by atoms with Crippen LogP contribution in [0.25, 0.3) is 16.6 Å². The van der Waals surface area contributed by atoms with Gasteiger partial charge >= 0.3 is 0 Å². The molecule has 0 aliphatic carbocycles. The van der Waals surface area contributed by atoms with Crippen molar-refractivity contribution < 1.29 is 4.74 Å². The largest absolute Gasteiger partial charge is 0.376 e. The van der Waals surface area contributed by atoms with Crippen LogP contribution in [-0.2, 0) is 4.74 Å². The van der Waals surface area contributed by atoms with Gasteiger partial charge in [-0.05, 0) is 48.4 Å². The molecule has 0 atom stereocenters. The quantitative estimate of drug-likeness (QED) is 0.713. The summed E-state index contributed by atoms with van der Waals surface area (Å²) in [6.07, 6.45) is 5.01. The number of ether oxygens (including phenoxy) is 1. The lowest BCUT2D eigenvalue weighted by molar-refractivity contribution is 0.164. The Labute approximate surface area is 143 Å². The number of halogens is 1. The zero-order chi connectivity index (χ0) is 15.6. The molecular weight excluding hydrogens is 328 g/mol. The summed E-state index contributed by atoms with van der Waals surface area (Å²) in [6, 6.07) is 12.0. The highest BCUT2D eigenvalue weighted by Gasteiger charge is 2.18. The molecule has 0 bridgehead atoms. The molecule has 23 heavy (non-hydrogen) atoms. The van der Waals surface area contributed by atoms with Gasteiger partial charge in [0.25, 0.3) is 0 Å². The van der Waals surface area contributed by atoms with Crippen LogP contribution in [0.2, 0.25) is 5.02 Å². The Morgan fingerprint density at radius 2 is 2.04 bits per heavy atom. The Kier molecular flexibility index (Phi) is 4.12. The number of nitrogens with one attached hydrogen (secondary N) is 1. The molecule has 3 aromatic rings. The van der Waals surface area contributed by atoms with Gasteiger partial charge < -0.3 is 9.72 Å². The number of hydrogen-bond acceptors (Lipinski definition) is 3. The lowest BCUT2D eigenvalue weighted by atomic mass is 10.1. The van der Waals surface area contributed by atoms with Crippen molar-refractivity contribution >= 4 is 40.0 Å². The van der Waals surface area contributed by atoms with Crippen molar-refractivity contribution in [2.45, 2.75) is 16.2 Å². The van der Waals surface area contributed by atoms with E-state index in [0.29, 0.717) is 6.61 Å². The Hall–Kier alpha value is -1.75. The van der Waals surface area contributed by atoms with Gasteiger partial charge in [-0.25, -0.2) is 4.98 Å². The van der Waals surface area contributed by atoms with E-state index in [1.165, 1.54) is 10.5 Å². The Morgan fingerprint density at radius 3 is 2.83 bits per heavy atom. The number of fused-ring (bicyclic) bond motifs is 1. The van der Waals surface area contributed by atoms with Gasteiger partial charge in [0, 0.05) is 26.4 Å². The number of benzene rings is 1. The molecular formula is C18H15ClN2OS. The van der Waals surface area contributed by atoms with E-state index in [9.17, 15) is 0 Å². The van der Waals surface area contributed by atoms with Gasteiger partial charge in [0.1, 0.15) is 5.65 Å². The van der Waals surface area contributed by atoms with E-state index in [2.05, 4.69) is 22.1 Å². The third-order valence-corrected chi connectivity index (χ3v) is 5.18. The number of nitrogens with zero attached hydrogens (tertiary/aromatic N) is 1. The number of rotatable bonds is 3. The van der Waals surface area contributed by atoms with Gasteiger partial charge in [-0.3, -0.25) is 0 Å². The van der Waals surface area contributed by atoms with Crippen LogP contribution in [0.4, 0.5) is 0 Å². The Balaban J connectivity index is 1.82. The summed E-state index contributed by atoms with van der Waals surface area (Å²) in [7, 11) is 0. The van der Waals surface area contributed by atoms with E-state index in [1.807, 2.05) is 36.5 Å². The van der Waals surface area contributed by atoms with Crippen molar-refractivity contribution in [3.8, 4) is 0 Å². The van der Waals surface area contributed by atoms with E-state index in [0.717, 1.165) is 39.7 Å². The highest BCUT2D eigenvalue weighted by atomic mass is 35.5. The van der Waals surface area contributed by atoms with Crippen molar-refractivity contribution in [1.29, 1.82) is 0 Å². The molecule has 2 aromatic heterocycles. The Morgan fingerprint density at radius 1 is 1.17 bits per heavy atom. The van der Waals surface area contributed by atoms with Crippen LogP contribution in [-0.4, -0.2) is 23.2 Å². The van der Waals surface area contributed by atoms with Crippen molar-refractivity contribution in [1.82, 2.24) is 9.97 Å². The standard InChI is InChI=1S/C18H15ClN2OS/c19-13-5-7-14(8-6-13)23-17-15-4-1-9-20-18(15)21-16(17)12-3-2-10-22-11-12/h1,3-9H,2,10-11H2,(H,20,21). The Bertz CT molecular complexity index is 870. The number of aromatic nitrogens is 2. The molecule has 1 aliphatic heterocycles. The average molecular weight is 343 g/mol. The van der Waals surface area contributed by atoms with Gasteiger partial charge in [-0.1, -0.05) is 29.4 Å². The van der Waals surface area contributed by atoms with Crippen LogP contribution < -0.4 is 0 Å². The third-order valence-electron chi connectivity index (χ3n) is 3.79. The predicted molar refractivity (Wildman–Crippen MR) is 95.1 cm³/mol. The number of hydrogen-bond donors (Lipinski definition) is 1.